The number of fused-ring (bicyclic) bond motifs is 1. The number of nitrogens with zero attached hydrogens (tertiary/aromatic N) is 1. The standard InChI is InChI=1S/C19H18ClNOS/c1-3-21(4-2)19(22)14-11-17(13-5-7-15(20)8-6-13)16-9-10-23-18(16)12-14/h5-12H,3-4H2,1-2H3. The fourth-order valence-corrected chi connectivity index (χ4v) is 3.73. The van der Waals surface area contributed by atoms with Crippen LogP contribution >= 0.6 is 22.9 Å². The zero-order valence-corrected chi connectivity index (χ0v) is 14.7. The summed E-state index contributed by atoms with van der Waals surface area (Å²) in [5.41, 5.74) is 2.90. The Morgan fingerprint density at radius 2 is 1.78 bits per heavy atom. The Balaban J connectivity index is 2.15. The molecular formula is C19H18ClNOS. The second-order valence-corrected chi connectivity index (χ2v) is 6.72. The first kappa shape index (κ1) is 16.0. The third-order valence-electron chi connectivity index (χ3n) is 4.02. The largest absolute Gasteiger partial charge is 0.339 e. The number of hydrogen-bond donors (Lipinski definition) is 0. The van der Waals surface area contributed by atoms with Gasteiger partial charge in [-0.15, -0.1) is 11.3 Å². The first-order valence-corrected chi connectivity index (χ1v) is 8.96. The lowest BCUT2D eigenvalue weighted by Crippen LogP contribution is -2.30. The predicted octanol–water partition coefficient (Wildman–Crippen LogP) is 5.70. The summed E-state index contributed by atoms with van der Waals surface area (Å²) in [4.78, 5) is 14.6. The second-order valence-electron chi connectivity index (χ2n) is 5.34. The average molecular weight is 344 g/mol. The van der Waals surface area contributed by atoms with E-state index in [2.05, 4.69) is 11.4 Å². The van der Waals surface area contributed by atoms with Crippen LogP contribution in [0.4, 0.5) is 0 Å². The summed E-state index contributed by atoms with van der Waals surface area (Å²) in [6, 6.07) is 13.9. The van der Waals surface area contributed by atoms with E-state index in [0.717, 1.165) is 21.4 Å². The van der Waals surface area contributed by atoms with Gasteiger partial charge in [0.2, 0.25) is 0 Å². The molecule has 3 aromatic rings. The minimum absolute atomic E-state index is 0.0838. The van der Waals surface area contributed by atoms with Crippen LogP contribution in [0.2, 0.25) is 5.02 Å². The molecule has 0 aliphatic heterocycles. The summed E-state index contributed by atoms with van der Waals surface area (Å²) in [5.74, 6) is 0.0838. The van der Waals surface area contributed by atoms with E-state index in [1.54, 1.807) is 11.3 Å². The van der Waals surface area contributed by atoms with E-state index < -0.39 is 0 Å². The van der Waals surface area contributed by atoms with Gasteiger partial charge in [0.1, 0.15) is 0 Å². The molecule has 2 nitrogen and oxygen atoms in total. The molecule has 1 amide bonds. The molecular weight excluding hydrogens is 326 g/mol. The van der Waals surface area contributed by atoms with Gasteiger partial charge in [0.25, 0.3) is 5.91 Å². The maximum Gasteiger partial charge on any atom is 0.253 e. The third-order valence-corrected chi connectivity index (χ3v) is 5.14. The molecule has 0 radical (unpaired) electrons. The van der Waals surface area contributed by atoms with Gasteiger partial charge in [0.05, 0.1) is 0 Å². The third kappa shape index (κ3) is 3.12. The number of hydrogen-bond acceptors (Lipinski definition) is 2. The van der Waals surface area contributed by atoms with Gasteiger partial charge in [-0.1, -0.05) is 23.7 Å². The molecule has 0 aliphatic carbocycles. The molecule has 0 saturated heterocycles. The van der Waals surface area contributed by atoms with Gasteiger partial charge in [-0.2, -0.15) is 0 Å². The van der Waals surface area contributed by atoms with Gasteiger partial charge in [-0.3, -0.25) is 4.79 Å². The molecule has 4 heteroatoms. The zero-order valence-electron chi connectivity index (χ0n) is 13.2. The van der Waals surface area contributed by atoms with Crippen LogP contribution in [0.25, 0.3) is 21.2 Å². The first-order valence-electron chi connectivity index (χ1n) is 7.70. The normalized spacial score (nSPS) is 10.9. The molecule has 0 unspecified atom stereocenters. The van der Waals surface area contributed by atoms with Crippen LogP contribution in [0.3, 0.4) is 0 Å². The fraction of sp³-hybridized carbons (Fsp3) is 0.211. The van der Waals surface area contributed by atoms with Crippen LogP contribution in [-0.4, -0.2) is 23.9 Å². The van der Waals surface area contributed by atoms with E-state index in [-0.39, 0.29) is 5.91 Å². The Labute approximate surface area is 145 Å². The number of amides is 1. The highest BCUT2D eigenvalue weighted by Gasteiger charge is 2.16. The monoisotopic (exact) mass is 343 g/mol. The van der Waals surface area contributed by atoms with Crippen molar-refractivity contribution in [3.8, 4) is 11.1 Å². The Hall–Kier alpha value is -1.84. The van der Waals surface area contributed by atoms with E-state index in [4.69, 9.17) is 11.6 Å². The number of benzene rings is 2. The Morgan fingerprint density at radius 3 is 2.43 bits per heavy atom. The predicted molar refractivity (Wildman–Crippen MR) is 99.5 cm³/mol. The molecule has 23 heavy (non-hydrogen) atoms. The van der Waals surface area contributed by atoms with E-state index in [1.165, 1.54) is 5.39 Å². The van der Waals surface area contributed by atoms with Crippen LogP contribution in [0, 0.1) is 0 Å². The van der Waals surface area contributed by atoms with Crippen LogP contribution in [0.1, 0.15) is 24.2 Å². The number of thiophene rings is 1. The summed E-state index contributed by atoms with van der Waals surface area (Å²) in [6.45, 7) is 5.44. The van der Waals surface area contributed by atoms with Crippen molar-refractivity contribution in [2.24, 2.45) is 0 Å². The van der Waals surface area contributed by atoms with Crippen LogP contribution in [0.5, 0.6) is 0 Å². The Kier molecular flexibility index (Phi) is 4.69. The summed E-state index contributed by atoms with van der Waals surface area (Å²) < 4.78 is 1.13. The quantitative estimate of drug-likeness (QED) is 0.594. The van der Waals surface area contributed by atoms with Gasteiger partial charge < -0.3 is 4.90 Å². The smallest absolute Gasteiger partial charge is 0.253 e. The Morgan fingerprint density at radius 1 is 1.09 bits per heavy atom. The van der Waals surface area contributed by atoms with E-state index in [9.17, 15) is 4.79 Å². The van der Waals surface area contributed by atoms with Crippen molar-refractivity contribution in [3.63, 3.8) is 0 Å². The first-order chi connectivity index (χ1) is 11.1. The van der Waals surface area contributed by atoms with Crippen molar-refractivity contribution in [2.45, 2.75) is 13.8 Å². The lowest BCUT2D eigenvalue weighted by molar-refractivity contribution is 0.0773. The minimum Gasteiger partial charge on any atom is -0.339 e. The van der Waals surface area contributed by atoms with Gasteiger partial charge in [0.15, 0.2) is 0 Å². The van der Waals surface area contributed by atoms with Crippen molar-refractivity contribution in [2.75, 3.05) is 13.1 Å². The SMILES string of the molecule is CCN(CC)C(=O)c1cc(-c2ccc(Cl)cc2)c2ccsc2c1. The molecule has 0 aliphatic rings. The summed E-state index contributed by atoms with van der Waals surface area (Å²) in [5, 5.41) is 3.95. The van der Waals surface area contributed by atoms with Gasteiger partial charge in [-0.05, 0) is 60.7 Å². The van der Waals surface area contributed by atoms with Crippen molar-refractivity contribution in [1.82, 2.24) is 4.90 Å². The molecule has 118 valence electrons. The number of rotatable bonds is 4. The molecule has 0 bridgehead atoms. The highest BCUT2D eigenvalue weighted by Crippen LogP contribution is 2.34. The van der Waals surface area contributed by atoms with Crippen LogP contribution in [-0.2, 0) is 0 Å². The molecule has 1 heterocycles. The molecule has 0 saturated carbocycles. The lowest BCUT2D eigenvalue weighted by Gasteiger charge is -2.19. The van der Waals surface area contributed by atoms with Crippen molar-refractivity contribution in [3.05, 3.63) is 58.4 Å². The number of halogens is 1. The molecule has 0 N–H and O–H groups in total. The fourth-order valence-electron chi connectivity index (χ4n) is 2.76. The molecule has 3 rings (SSSR count). The zero-order chi connectivity index (χ0) is 16.4. The highest BCUT2D eigenvalue weighted by atomic mass is 35.5. The van der Waals surface area contributed by atoms with Crippen LogP contribution in [0.15, 0.2) is 47.8 Å². The minimum atomic E-state index is 0.0838. The maximum atomic E-state index is 12.7. The summed E-state index contributed by atoms with van der Waals surface area (Å²) in [6.07, 6.45) is 0. The summed E-state index contributed by atoms with van der Waals surface area (Å²) >= 11 is 7.66. The summed E-state index contributed by atoms with van der Waals surface area (Å²) in [7, 11) is 0. The number of carbonyl (C=O) groups excluding carboxylic acids is 1. The van der Waals surface area contributed by atoms with Gasteiger partial charge >= 0.3 is 0 Å². The highest BCUT2D eigenvalue weighted by molar-refractivity contribution is 7.17. The number of carbonyl (C=O) groups is 1. The van der Waals surface area contributed by atoms with Crippen molar-refractivity contribution < 1.29 is 4.79 Å². The molecule has 1 aromatic heterocycles. The maximum absolute atomic E-state index is 12.7. The van der Waals surface area contributed by atoms with Gasteiger partial charge in [-0.25, -0.2) is 0 Å². The second kappa shape index (κ2) is 6.73. The average Bonchev–Trinajstić information content (AvgIpc) is 3.04. The van der Waals surface area contributed by atoms with E-state index >= 15 is 0 Å². The van der Waals surface area contributed by atoms with Crippen LogP contribution < -0.4 is 0 Å². The van der Waals surface area contributed by atoms with Crippen molar-refractivity contribution in [1.29, 1.82) is 0 Å². The van der Waals surface area contributed by atoms with Crippen molar-refractivity contribution >= 4 is 38.9 Å². The topological polar surface area (TPSA) is 20.3 Å². The molecule has 0 spiro atoms. The lowest BCUT2D eigenvalue weighted by atomic mass is 9.99. The Bertz CT molecular complexity index is 834. The molecule has 0 fully saturated rings. The van der Waals surface area contributed by atoms with E-state index in [1.807, 2.05) is 55.1 Å². The molecule has 2 aromatic carbocycles. The van der Waals surface area contributed by atoms with Gasteiger partial charge in [0, 0.05) is 33.8 Å². The van der Waals surface area contributed by atoms with E-state index in [0.29, 0.717) is 18.1 Å². The molecule has 0 atom stereocenters.